The lowest BCUT2D eigenvalue weighted by atomic mass is 10.0. The summed E-state index contributed by atoms with van der Waals surface area (Å²) in [5.74, 6) is 0. The largest absolute Gasteiger partial charge is 0.311 e. The Bertz CT molecular complexity index is 1820. The van der Waals surface area contributed by atoms with Gasteiger partial charge in [-0.1, -0.05) is 112 Å². The van der Waals surface area contributed by atoms with E-state index in [0.29, 0.717) is 0 Å². The highest BCUT2D eigenvalue weighted by Gasteiger charge is 2.15. The molecule has 0 N–H and O–H groups in total. The lowest BCUT2D eigenvalue weighted by Gasteiger charge is -2.26. The van der Waals surface area contributed by atoms with Crippen LogP contribution in [0.4, 0.5) is 34.1 Å². The first-order valence-corrected chi connectivity index (χ1v) is 17.8. The van der Waals surface area contributed by atoms with Gasteiger partial charge >= 0.3 is 0 Å². The van der Waals surface area contributed by atoms with Crippen molar-refractivity contribution in [3.63, 3.8) is 0 Å². The van der Waals surface area contributed by atoms with Crippen LogP contribution in [0.15, 0.2) is 152 Å². The molecule has 0 heterocycles. The number of nitrogens with zero attached hydrogens (tertiary/aromatic N) is 2. The van der Waals surface area contributed by atoms with Crippen LogP contribution in [-0.2, 0) is 19.3 Å². The fourth-order valence-corrected chi connectivity index (χ4v) is 6.34. The zero-order valence-electron chi connectivity index (χ0n) is 28.8. The molecule has 0 amide bonds. The summed E-state index contributed by atoms with van der Waals surface area (Å²) < 4.78 is 0. The van der Waals surface area contributed by atoms with Crippen molar-refractivity contribution in [1.29, 1.82) is 0 Å². The van der Waals surface area contributed by atoms with Crippen LogP contribution in [0.5, 0.6) is 0 Å². The topological polar surface area (TPSA) is 6.48 Å². The molecule has 2 nitrogen and oxygen atoms in total. The van der Waals surface area contributed by atoms with Crippen molar-refractivity contribution in [2.75, 3.05) is 9.80 Å². The number of para-hydroxylation sites is 1. The van der Waals surface area contributed by atoms with Gasteiger partial charge in [0.05, 0.1) is 0 Å². The molecule has 0 spiro atoms. The van der Waals surface area contributed by atoms with E-state index in [2.05, 4.69) is 182 Å². The van der Waals surface area contributed by atoms with Crippen LogP contribution in [0.2, 0.25) is 0 Å². The van der Waals surface area contributed by atoms with Crippen molar-refractivity contribution in [2.45, 2.75) is 65.7 Å². The highest BCUT2D eigenvalue weighted by Crippen LogP contribution is 2.38. The first-order valence-electron chi connectivity index (χ1n) is 17.8. The maximum absolute atomic E-state index is 2.36. The quantitative estimate of drug-likeness (QED) is 0.118. The molecule has 0 atom stereocenters. The van der Waals surface area contributed by atoms with Crippen molar-refractivity contribution in [2.24, 2.45) is 0 Å². The summed E-state index contributed by atoms with van der Waals surface area (Å²) in [5.41, 5.74) is 13.5. The van der Waals surface area contributed by atoms with Crippen molar-refractivity contribution < 1.29 is 0 Å². The number of anilines is 6. The third-order valence-corrected chi connectivity index (χ3v) is 9.23. The van der Waals surface area contributed by atoms with Crippen LogP contribution in [0.1, 0.15) is 63.1 Å². The van der Waals surface area contributed by atoms with Crippen molar-refractivity contribution in [3.8, 4) is 11.1 Å². The predicted octanol–water partition coefficient (Wildman–Crippen LogP) is 13.5. The van der Waals surface area contributed by atoms with Gasteiger partial charge in [-0.25, -0.2) is 0 Å². The molecule has 2 heteroatoms. The van der Waals surface area contributed by atoms with Gasteiger partial charge in [0.15, 0.2) is 0 Å². The summed E-state index contributed by atoms with van der Waals surface area (Å²) in [5, 5.41) is 0. The maximum atomic E-state index is 2.36. The second-order valence-corrected chi connectivity index (χ2v) is 12.7. The van der Waals surface area contributed by atoms with Crippen molar-refractivity contribution in [1.82, 2.24) is 0 Å². The van der Waals surface area contributed by atoms with Gasteiger partial charge in [-0.05, 0) is 133 Å². The van der Waals surface area contributed by atoms with E-state index in [0.717, 1.165) is 36.3 Å². The van der Waals surface area contributed by atoms with E-state index in [4.69, 9.17) is 0 Å². The van der Waals surface area contributed by atoms with Gasteiger partial charge in [0, 0.05) is 34.1 Å². The molecule has 6 aromatic carbocycles. The number of aryl methyl sites for hydroxylation is 3. The second kappa shape index (κ2) is 16.2. The Labute approximate surface area is 288 Å². The Hall–Kier alpha value is -5.08. The van der Waals surface area contributed by atoms with Crippen molar-refractivity contribution >= 4 is 34.1 Å². The van der Waals surface area contributed by atoms with Crippen molar-refractivity contribution in [3.05, 3.63) is 168 Å². The fourth-order valence-electron chi connectivity index (χ4n) is 6.34. The van der Waals surface area contributed by atoms with E-state index in [1.165, 1.54) is 70.6 Å². The van der Waals surface area contributed by atoms with E-state index < -0.39 is 0 Å². The molecular formula is C46H48N2. The van der Waals surface area contributed by atoms with E-state index in [1.807, 2.05) is 0 Å². The van der Waals surface area contributed by atoms with Crippen LogP contribution in [0, 0.1) is 0 Å². The molecule has 0 saturated heterocycles. The third-order valence-electron chi connectivity index (χ3n) is 9.23. The summed E-state index contributed by atoms with van der Waals surface area (Å²) >= 11 is 0. The van der Waals surface area contributed by atoms with E-state index in [9.17, 15) is 0 Å². The minimum atomic E-state index is 1.04. The molecule has 6 aromatic rings. The van der Waals surface area contributed by atoms with Gasteiger partial charge in [0.1, 0.15) is 0 Å². The lowest BCUT2D eigenvalue weighted by Crippen LogP contribution is -2.10. The molecule has 242 valence electrons. The van der Waals surface area contributed by atoms with Gasteiger partial charge < -0.3 is 9.80 Å². The third kappa shape index (κ3) is 7.89. The number of unbranched alkanes of at least 4 members (excludes halogenated alkanes) is 2. The van der Waals surface area contributed by atoms with Gasteiger partial charge in [-0.15, -0.1) is 0 Å². The highest BCUT2D eigenvalue weighted by atomic mass is 15.1. The van der Waals surface area contributed by atoms with Crippen LogP contribution >= 0.6 is 0 Å². The molecule has 48 heavy (non-hydrogen) atoms. The molecule has 0 unspecified atom stereocenters. The summed E-state index contributed by atoms with van der Waals surface area (Å²) in [7, 11) is 0. The molecule has 0 aliphatic heterocycles. The van der Waals surface area contributed by atoms with Gasteiger partial charge in [0.25, 0.3) is 0 Å². The van der Waals surface area contributed by atoms with Crippen LogP contribution in [0.25, 0.3) is 11.1 Å². The summed E-state index contributed by atoms with van der Waals surface area (Å²) in [6.07, 6.45) is 8.17. The van der Waals surface area contributed by atoms with E-state index in [-0.39, 0.29) is 0 Å². The number of hydrogen-bond donors (Lipinski definition) is 0. The summed E-state index contributed by atoms with van der Waals surface area (Å²) in [6.45, 7) is 6.71. The molecule has 6 rings (SSSR count). The Kier molecular flexibility index (Phi) is 11.1. The fraction of sp³-hybridized carbons (Fsp3) is 0.217. The molecule has 0 aromatic heterocycles. The van der Waals surface area contributed by atoms with Crippen LogP contribution in [0.3, 0.4) is 0 Å². The Morgan fingerprint density at radius 1 is 0.333 bits per heavy atom. The Morgan fingerprint density at radius 2 is 0.646 bits per heavy atom. The zero-order valence-corrected chi connectivity index (χ0v) is 28.8. The molecule has 0 aliphatic carbocycles. The van der Waals surface area contributed by atoms with Gasteiger partial charge in [-0.3, -0.25) is 0 Å². The Balaban J connectivity index is 1.27. The van der Waals surface area contributed by atoms with Crippen LogP contribution < -0.4 is 9.80 Å². The number of benzene rings is 6. The summed E-state index contributed by atoms with van der Waals surface area (Å²) in [6, 6.07) is 55.7. The average molecular weight is 629 g/mol. The molecule has 0 bridgehead atoms. The SMILES string of the molecule is CCCCc1ccc(N(c2ccccc2)c2ccc(-c3ccc(N(c4ccc(CC)cc4)c4ccc(CCCC)cc4)cc3)cc2)cc1. The van der Waals surface area contributed by atoms with Crippen LogP contribution in [-0.4, -0.2) is 0 Å². The van der Waals surface area contributed by atoms with E-state index in [1.54, 1.807) is 0 Å². The Morgan fingerprint density at radius 3 is 0.979 bits per heavy atom. The maximum Gasteiger partial charge on any atom is 0.0462 e. The first kappa shape index (κ1) is 32.8. The second-order valence-electron chi connectivity index (χ2n) is 12.7. The minimum Gasteiger partial charge on any atom is -0.311 e. The van der Waals surface area contributed by atoms with Gasteiger partial charge in [0.2, 0.25) is 0 Å². The first-order chi connectivity index (χ1) is 23.7. The minimum absolute atomic E-state index is 1.04. The molecule has 0 aliphatic rings. The average Bonchev–Trinajstić information content (AvgIpc) is 3.16. The lowest BCUT2D eigenvalue weighted by molar-refractivity contribution is 0.795. The standard InChI is InChI=1S/C46H48N2/c1-4-7-12-37-18-28-43(29-19-37)47(41-14-10-9-11-15-41)45-32-22-39(23-33-45)40-24-34-46(35-25-40)48(42-26-16-36(6-3)17-27-42)44-30-20-38(21-31-44)13-8-5-2/h9-11,14-35H,4-8,12-13H2,1-3H3. The normalized spacial score (nSPS) is 11.0. The number of rotatable bonds is 14. The van der Waals surface area contributed by atoms with Gasteiger partial charge in [-0.2, -0.15) is 0 Å². The zero-order chi connectivity index (χ0) is 33.1. The predicted molar refractivity (Wildman–Crippen MR) is 208 cm³/mol. The molecule has 0 fully saturated rings. The molecular weight excluding hydrogens is 581 g/mol. The summed E-state index contributed by atoms with van der Waals surface area (Å²) in [4.78, 5) is 4.70. The monoisotopic (exact) mass is 628 g/mol. The molecule has 0 saturated carbocycles. The molecule has 0 radical (unpaired) electrons. The number of hydrogen-bond acceptors (Lipinski definition) is 2. The van der Waals surface area contributed by atoms with E-state index >= 15 is 0 Å². The highest BCUT2D eigenvalue weighted by molar-refractivity contribution is 5.80. The smallest absolute Gasteiger partial charge is 0.0462 e.